The minimum atomic E-state index is -0.0452. The van der Waals surface area contributed by atoms with E-state index in [0.717, 1.165) is 24.3 Å². The van der Waals surface area contributed by atoms with Gasteiger partial charge in [0.05, 0.1) is 19.3 Å². The minimum Gasteiger partial charge on any atom is -0.378 e. The Labute approximate surface area is 117 Å². The van der Waals surface area contributed by atoms with Crippen molar-refractivity contribution in [1.29, 1.82) is 0 Å². The maximum Gasteiger partial charge on any atom is 0.273 e. The largest absolute Gasteiger partial charge is 0.378 e. The number of carbonyl (C=O) groups excluding carboxylic acids is 1. The van der Waals surface area contributed by atoms with Crippen LogP contribution in [0.2, 0.25) is 0 Å². The molecule has 2 rings (SSSR count). The zero-order valence-corrected chi connectivity index (χ0v) is 12.1. The van der Waals surface area contributed by atoms with Gasteiger partial charge in [0.25, 0.3) is 5.91 Å². The highest BCUT2D eigenvalue weighted by Crippen LogP contribution is 2.21. The van der Waals surface area contributed by atoms with E-state index in [1.165, 1.54) is 11.3 Å². The van der Waals surface area contributed by atoms with E-state index in [9.17, 15) is 4.79 Å². The molecule has 0 spiro atoms. The Bertz CT molecular complexity index is 416. The Morgan fingerprint density at radius 1 is 1.58 bits per heavy atom. The quantitative estimate of drug-likeness (QED) is 0.894. The van der Waals surface area contributed by atoms with Crippen LogP contribution >= 0.6 is 11.3 Å². The molecule has 0 aromatic carbocycles. The second-order valence-electron chi connectivity index (χ2n) is 4.72. The lowest BCUT2D eigenvalue weighted by Crippen LogP contribution is -2.40. The van der Waals surface area contributed by atoms with Gasteiger partial charge in [-0.1, -0.05) is 19.8 Å². The van der Waals surface area contributed by atoms with Crippen molar-refractivity contribution in [2.45, 2.75) is 32.2 Å². The highest BCUT2D eigenvalue weighted by molar-refractivity contribution is 7.09. The second kappa shape index (κ2) is 6.98. The van der Waals surface area contributed by atoms with Crippen LogP contribution < -0.4 is 5.73 Å². The van der Waals surface area contributed by atoms with E-state index in [-0.39, 0.29) is 11.9 Å². The number of hydrogen-bond acceptors (Lipinski definition) is 5. The van der Waals surface area contributed by atoms with Crippen LogP contribution in [0.15, 0.2) is 5.38 Å². The molecule has 2 heterocycles. The van der Waals surface area contributed by atoms with Crippen LogP contribution in [0.4, 0.5) is 0 Å². The van der Waals surface area contributed by atoms with E-state index in [0.29, 0.717) is 32.0 Å². The average molecular weight is 283 g/mol. The molecule has 106 valence electrons. The predicted molar refractivity (Wildman–Crippen MR) is 75.3 cm³/mol. The first kappa shape index (κ1) is 14.4. The maximum absolute atomic E-state index is 12.2. The lowest BCUT2D eigenvalue weighted by molar-refractivity contribution is 0.0299. The Morgan fingerprint density at radius 3 is 3.00 bits per heavy atom. The molecule has 1 saturated heterocycles. The standard InChI is InChI=1S/C13H21N3O2S/c1-2-3-4-10(14)12-15-11(9-19-12)13(17)16-5-7-18-8-6-16/h9-10H,2-8,14H2,1H3. The maximum atomic E-state index is 12.2. The summed E-state index contributed by atoms with van der Waals surface area (Å²) in [4.78, 5) is 18.4. The molecular formula is C13H21N3O2S. The smallest absolute Gasteiger partial charge is 0.273 e. The molecule has 0 radical (unpaired) electrons. The van der Waals surface area contributed by atoms with Crippen LogP contribution in [0.1, 0.15) is 47.7 Å². The first-order valence-corrected chi connectivity index (χ1v) is 7.68. The fraction of sp³-hybridized carbons (Fsp3) is 0.692. The molecule has 1 aromatic heterocycles. The first-order valence-electron chi connectivity index (χ1n) is 6.80. The number of nitrogens with zero attached hydrogens (tertiary/aromatic N) is 2. The number of hydrogen-bond donors (Lipinski definition) is 1. The summed E-state index contributed by atoms with van der Waals surface area (Å²) in [5, 5.41) is 2.68. The van der Waals surface area contributed by atoms with Gasteiger partial charge in [-0.25, -0.2) is 4.98 Å². The molecule has 1 aliphatic rings. The number of aromatic nitrogens is 1. The van der Waals surface area contributed by atoms with Crippen molar-refractivity contribution in [2.75, 3.05) is 26.3 Å². The molecule has 2 N–H and O–H groups in total. The van der Waals surface area contributed by atoms with Crippen molar-refractivity contribution in [3.05, 3.63) is 16.1 Å². The Balaban J connectivity index is 1.97. The van der Waals surface area contributed by atoms with E-state index in [2.05, 4.69) is 11.9 Å². The summed E-state index contributed by atoms with van der Waals surface area (Å²) < 4.78 is 5.24. The average Bonchev–Trinajstić information content (AvgIpc) is 2.94. The highest BCUT2D eigenvalue weighted by Gasteiger charge is 2.21. The van der Waals surface area contributed by atoms with E-state index < -0.39 is 0 Å². The molecular weight excluding hydrogens is 262 g/mol. The van der Waals surface area contributed by atoms with Crippen LogP contribution in [0.25, 0.3) is 0 Å². The molecule has 1 unspecified atom stereocenters. The summed E-state index contributed by atoms with van der Waals surface area (Å²) in [7, 11) is 0. The Hall–Kier alpha value is -0.980. The van der Waals surface area contributed by atoms with Crippen molar-refractivity contribution in [3.8, 4) is 0 Å². The van der Waals surface area contributed by atoms with Crippen LogP contribution in [0.3, 0.4) is 0 Å². The van der Waals surface area contributed by atoms with Gasteiger partial charge in [-0.3, -0.25) is 4.79 Å². The van der Waals surface area contributed by atoms with Gasteiger partial charge in [0, 0.05) is 18.5 Å². The van der Waals surface area contributed by atoms with Crippen LogP contribution in [0.5, 0.6) is 0 Å². The van der Waals surface area contributed by atoms with Crippen molar-refractivity contribution < 1.29 is 9.53 Å². The second-order valence-corrected chi connectivity index (χ2v) is 5.61. The fourth-order valence-corrected chi connectivity index (χ4v) is 2.86. The Kier molecular flexibility index (Phi) is 5.30. The SMILES string of the molecule is CCCCC(N)c1nc(C(=O)N2CCOCC2)cs1. The van der Waals surface area contributed by atoms with Gasteiger partial charge in [0.2, 0.25) is 0 Å². The summed E-state index contributed by atoms with van der Waals surface area (Å²) in [5.41, 5.74) is 6.60. The zero-order chi connectivity index (χ0) is 13.7. The lowest BCUT2D eigenvalue weighted by Gasteiger charge is -2.26. The summed E-state index contributed by atoms with van der Waals surface area (Å²) in [6.07, 6.45) is 3.14. The van der Waals surface area contributed by atoms with Gasteiger partial charge in [-0.2, -0.15) is 0 Å². The number of morpholine rings is 1. The number of amides is 1. The molecule has 5 nitrogen and oxygen atoms in total. The third-order valence-corrected chi connectivity index (χ3v) is 4.20. The summed E-state index contributed by atoms with van der Waals surface area (Å²) in [6, 6.07) is -0.0452. The van der Waals surface area contributed by atoms with Gasteiger partial charge < -0.3 is 15.4 Å². The van der Waals surface area contributed by atoms with E-state index in [1.54, 1.807) is 4.90 Å². The number of rotatable bonds is 5. The molecule has 1 aromatic rings. The monoisotopic (exact) mass is 283 g/mol. The van der Waals surface area contributed by atoms with Crippen molar-refractivity contribution in [2.24, 2.45) is 5.73 Å². The van der Waals surface area contributed by atoms with Crippen molar-refractivity contribution in [3.63, 3.8) is 0 Å². The third kappa shape index (κ3) is 3.75. The van der Waals surface area contributed by atoms with E-state index >= 15 is 0 Å². The van der Waals surface area contributed by atoms with Crippen molar-refractivity contribution in [1.82, 2.24) is 9.88 Å². The van der Waals surface area contributed by atoms with Gasteiger partial charge >= 0.3 is 0 Å². The van der Waals surface area contributed by atoms with Crippen molar-refractivity contribution >= 4 is 17.2 Å². The van der Waals surface area contributed by atoms with Crippen LogP contribution in [-0.4, -0.2) is 42.1 Å². The molecule has 1 aliphatic heterocycles. The van der Waals surface area contributed by atoms with Gasteiger partial charge in [-0.15, -0.1) is 11.3 Å². The summed E-state index contributed by atoms with van der Waals surface area (Å²) >= 11 is 1.49. The number of unbranched alkanes of at least 4 members (excludes halogenated alkanes) is 1. The highest BCUT2D eigenvalue weighted by atomic mass is 32.1. The molecule has 1 atom stereocenters. The molecule has 0 bridgehead atoms. The molecule has 19 heavy (non-hydrogen) atoms. The minimum absolute atomic E-state index is 0.00603. The number of ether oxygens (including phenoxy) is 1. The lowest BCUT2D eigenvalue weighted by atomic mass is 10.1. The zero-order valence-electron chi connectivity index (χ0n) is 11.3. The third-order valence-electron chi connectivity index (χ3n) is 3.23. The van der Waals surface area contributed by atoms with Gasteiger partial charge in [-0.05, 0) is 6.42 Å². The first-order chi connectivity index (χ1) is 9.22. The van der Waals surface area contributed by atoms with Gasteiger partial charge in [0.1, 0.15) is 10.7 Å². The summed E-state index contributed by atoms with van der Waals surface area (Å²) in [5.74, 6) is -0.00603. The number of carbonyl (C=O) groups is 1. The Morgan fingerprint density at radius 2 is 2.32 bits per heavy atom. The van der Waals surface area contributed by atoms with E-state index in [1.807, 2.05) is 5.38 Å². The molecule has 0 saturated carbocycles. The molecule has 6 heteroatoms. The predicted octanol–water partition coefficient (Wildman–Crippen LogP) is 1.81. The molecule has 1 amide bonds. The summed E-state index contributed by atoms with van der Waals surface area (Å²) in [6.45, 7) is 4.65. The normalized spacial score (nSPS) is 17.5. The number of thiazole rings is 1. The molecule has 0 aliphatic carbocycles. The number of nitrogens with two attached hydrogens (primary N) is 1. The molecule has 1 fully saturated rings. The van der Waals surface area contributed by atoms with E-state index in [4.69, 9.17) is 10.5 Å². The van der Waals surface area contributed by atoms with Crippen LogP contribution in [0, 0.1) is 0 Å². The fourth-order valence-electron chi connectivity index (χ4n) is 2.03. The van der Waals surface area contributed by atoms with Crippen LogP contribution in [-0.2, 0) is 4.74 Å². The van der Waals surface area contributed by atoms with Gasteiger partial charge in [0.15, 0.2) is 0 Å². The topological polar surface area (TPSA) is 68.5 Å².